The molecule has 0 aromatic rings. The van der Waals surface area contributed by atoms with Crippen LogP contribution in [0.3, 0.4) is 0 Å². The highest BCUT2D eigenvalue weighted by atomic mass is 15.3. The van der Waals surface area contributed by atoms with Crippen LogP contribution in [0.25, 0.3) is 0 Å². The normalized spacial score (nSPS) is 32.0. The molecule has 1 aliphatic heterocycles. The second-order valence-electron chi connectivity index (χ2n) is 5.53. The van der Waals surface area contributed by atoms with Gasteiger partial charge in [-0.2, -0.15) is 0 Å². The third kappa shape index (κ3) is 2.36. The fourth-order valence-electron chi connectivity index (χ4n) is 3.37. The number of rotatable bonds is 2. The topological polar surface area (TPSA) is 15.3 Å². The molecule has 1 atom stereocenters. The molecule has 1 unspecified atom stereocenters. The first-order valence-corrected chi connectivity index (χ1v) is 6.71. The molecular formula is C13H26N2. The smallest absolute Gasteiger partial charge is 0.0331 e. The molecule has 0 aromatic carbocycles. The first-order chi connectivity index (χ1) is 7.27. The van der Waals surface area contributed by atoms with Gasteiger partial charge >= 0.3 is 0 Å². The largest absolute Gasteiger partial charge is 0.311 e. The molecule has 2 aliphatic rings. The molecule has 0 aromatic heterocycles. The summed E-state index contributed by atoms with van der Waals surface area (Å²) in [4.78, 5) is 2.66. The van der Waals surface area contributed by atoms with Crippen LogP contribution in [-0.4, -0.2) is 36.6 Å². The van der Waals surface area contributed by atoms with Crippen molar-refractivity contribution in [2.24, 2.45) is 0 Å². The average molecular weight is 210 g/mol. The van der Waals surface area contributed by atoms with E-state index in [2.05, 4.69) is 24.2 Å². The Morgan fingerprint density at radius 1 is 1.27 bits per heavy atom. The average Bonchev–Trinajstić information content (AvgIpc) is 2.26. The first kappa shape index (κ1) is 11.4. The number of likely N-dealkylation sites (N-methyl/N-ethyl adjacent to an activating group) is 1. The van der Waals surface area contributed by atoms with Crippen molar-refractivity contribution in [3.8, 4) is 0 Å². The highest BCUT2D eigenvalue weighted by molar-refractivity contribution is 4.99. The Morgan fingerprint density at radius 2 is 2.00 bits per heavy atom. The van der Waals surface area contributed by atoms with Crippen LogP contribution in [0.1, 0.15) is 51.9 Å². The van der Waals surface area contributed by atoms with Gasteiger partial charge in [-0.3, -0.25) is 4.90 Å². The van der Waals surface area contributed by atoms with E-state index in [0.717, 1.165) is 6.04 Å². The zero-order chi connectivity index (χ0) is 10.7. The van der Waals surface area contributed by atoms with Crippen LogP contribution >= 0.6 is 0 Å². The summed E-state index contributed by atoms with van der Waals surface area (Å²) in [6.07, 6.45) is 9.78. The molecule has 1 aliphatic carbocycles. The van der Waals surface area contributed by atoms with Crippen LogP contribution in [0.5, 0.6) is 0 Å². The van der Waals surface area contributed by atoms with E-state index in [1.165, 1.54) is 58.0 Å². The Bertz CT molecular complexity index is 197. The van der Waals surface area contributed by atoms with Crippen LogP contribution in [0.4, 0.5) is 0 Å². The number of nitrogens with zero attached hydrogens (tertiary/aromatic N) is 1. The van der Waals surface area contributed by atoms with Gasteiger partial charge < -0.3 is 5.32 Å². The Labute approximate surface area is 94.4 Å². The molecule has 2 heteroatoms. The van der Waals surface area contributed by atoms with Crippen molar-refractivity contribution in [1.82, 2.24) is 10.2 Å². The Kier molecular flexibility index (Phi) is 3.68. The van der Waals surface area contributed by atoms with Crippen LogP contribution in [-0.2, 0) is 0 Å². The zero-order valence-electron chi connectivity index (χ0n) is 10.4. The number of piperazine rings is 1. The summed E-state index contributed by atoms with van der Waals surface area (Å²) in [6.45, 7) is 4.77. The highest BCUT2D eigenvalue weighted by Gasteiger charge is 2.39. The van der Waals surface area contributed by atoms with E-state index in [9.17, 15) is 0 Å². The van der Waals surface area contributed by atoms with E-state index >= 15 is 0 Å². The lowest BCUT2D eigenvalue weighted by Crippen LogP contribution is -2.63. The Morgan fingerprint density at radius 3 is 2.60 bits per heavy atom. The predicted octanol–water partition coefficient (Wildman–Crippen LogP) is 2.39. The summed E-state index contributed by atoms with van der Waals surface area (Å²) in [5.41, 5.74) is 0.516. The summed E-state index contributed by atoms with van der Waals surface area (Å²) in [5, 5.41) is 3.77. The van der Waals surface area contributed by atoms with E-state index < -0.39 is 0 Å². The van der Waals surface area contributed by atoms with Gasteiger partial charge in [0.15, 0.2) is 0 Å². The van der Waals surface area contributed by atoms with Crippen molar-refractivity contribution >= 4 is 0 Å². The summed E-state index contributed by atoms with van der Waals surface area (Å²) in [7, 11) is 2.34. The second kappa shape index (κ2) is 4.84. The molecule has 0 radical (unpaired) electrons. The Balaban J connectivity index is 1.93. The molecule has 1 heterocycles. The third-order valence-corrected chi connectivity index (χ3v) is 4.45. The fraction of sp³-hybridized carbons (Fsp3) is 1.00. The molecular weight excluding hydrogens is 184 g/mol. The van der Waals surface area contributed by atoms with Crippen molar-refractivity contribution in [1.29, 1.82) is 0 Å². The van der Waals surface area contributed by atoms with Crippen LogP contribution < -0.4 is 5.32 Å². The van der Waals surface area contributed by atoms with E-state index in [-0.39, 0.29) is 0 Å². The van der Waals surface area contributed by atoms with E-state index in [4.69, 9.17) is 0 Å². The monoisotopic (exact) mass is 210 g/mol. The van der Waals surface area contributed by atoms with Gasteiger partial charge in [0.25, 0.3) is 0 Å². The Hall–Kier alpha value is -0.0800. The standard InChI is InChI=1S/C13H26N2/c1-3-7-12-10-15(2)13(11-14-12)8-5-4-6-9-13/h12,14H,3-11H2,1-2H3. The van der Waals surface area contributed by atoms with Crippen molar-refractivity contribution in [2.45, 2.75) is 63.5 Å². The molecule has 15 heavy (non-hydrogen) atoms. The number of hydrogen-bond donors (Lipinski definition) is 1. The quantitative estimate of drug-likeness (QED) is 0.753. The fourth-order valence-corrected chi connectivity index (χ4v) is 3.37. The van der Waals surface area contributed by atoms with E-state index in [1.54, 1.807) is 0 Å². The molecule has 1 N–H and O–H groups in total. The van der Waals surface area contributed by atoms with Gasteiger partial charge in [0.1, 0.15) is 0 Å². The summed E-state index contributed by atoms with van der Waals surface area (Å²) in [6, 6.07) is 0.743. The minimum Gasteiger partial charge on any atom is -0.311 e. The van der Waals surface area contributed by atoms with E-state index in [0.29, 0.717) is 5.54 Å². The van der Waals surface area contributed by atoms with Gasteiger partial charge in [-0.15, -0.1) is 0 Å². The molecule has 2 rings (SSSR count). The molecule has 88 valence electrons. The minimum atomic E-state index is 0.516. The second-order valence-corrected chi connectivity index (χ2v) is 5.53. The first-order valence-electron chi connectivity index (χ1n) is 6.71. The van der Waals surface area contributed by atoms with Crippen LogP contribution in [0.15, 0.2) is 0 Å². The van der Waals surface area contributed by atoms with Crippen molar-refractivity contribution in [3.63, 3.8) is 0 Å². The molecule has 1 saturated heterocycles. The molecule has 1 spiro atoms. The highest BCUT2D eigenvalue weighted by Crippen LogP contribution is 2.34. The van der Waals surface area contributed by atoms with Gasteiger partial charge in [0, 0.05) is 24.7 Å². The number of nitrogens with one attached hydrogen (secondary N) is 1. The molecule has 0 amide bonds. The van der Waals surface area contributed by atoms with Crippen LogP contribution in [0, 0.1) is 0 Å². The minimum absolute atomic E-state index is 0.516. The lowest BCUT2D eigenvalue weighted by atomic mass is 9.78. The van der Waals surface area contributed by atoms with Gasteiger partial charge in [-0.1, -0.05) is 32.6 Å². The van der Waals surface area contributed by atoms with Gasteiger partial charge in [0.05, 0.1) is 0 Å². The van der Waals surface area contributed by atoms with Crippen LogP contribution in [0.2, 0.25) is 0 Å². The SMILES string of the molecule is CCCC1CN(C)C2(CCCCC2)CN1. The lowest BCUT2D eigenvalue weighted by molar-refractivity contribution is 0.0303. The summed E-state index contributed by atoms with van der Waals surface area (Å²) >= 11 is 0. The van der Waals surface area contributed by atoms with Crippen molar-refractivity contribution < 1.29 is 0 Å². The van der Waals surface area contributed by atoms with Crippen molar-refractivity contribution in [2.75, 3.05) is 20.1 Å². The van der Waals surface area contributed by atoms with Gasteiger partial charge in [-0.25, -0.2) is 0 Å². The molecule has 2 fully saturated rings. The predicted molar refractivity (Wildman–Crippen MR) is 65.1 cm³/mol. The summed E-state index contributed by atoms with van der Waals surface area (Å²) < 4.78 is 0. The van der Waals surface area contributed by atoms with E-state index in [1.807, 2.05) is 0 Å². The lowest BCUT2D eigenvalue weighted by Gasteiger charge is -2.50. The number of hydrogen-bond acceptors (Lipinski definition) is 2. The third-order valence-electron chi connectivity index (χ3n) is 4.45. The van der Waals surface area contributed by atoms with Crippen molar-refractivity contribution in [3.05, 3.63) is 0 Å². The maximum Gasteiger partial charge on any atom is 0.0331 e. The maximum absolute atomic E-state index is 3.77. The molecule has 2 nitrogen and oxygen atoms in total. The molecule has 0 bridgehead atoms. The maximum atomic E-state index is 3.77. The van der Waals surface area contributed by atoms with Gasteiger partial charge in [-0.05, 0) is 26.3 Å². The zero-order valence-corrected chi connectivity index (χ0v) is 10.4. The summed E-state index contributed by atoms with van der Waals surface area (Å²) in [5.74, 6) is 0. The molecule has 1 saturated carbocycles. The van der Waals surface area contributed by atoms with Gasteiger partial charge in [0.2, 0.25) is 0 Å².